The predicted molar refractivity (Wildman–Crippen MR) is 173 cm³/mol. The lowest BCUT2D eigenvalue weighted by Crippen LogP contribution is -1.94. The number of unbranched alkanes of at least 4 members (excludes halogenated alkanes) is 13. The summed E-state index contributed by atoms with van der Waals surface area (Å²) in [6.07, 6.45) is 23.3. The fourth-order valence-electron chi connectivity index (χ4n) is 4.91. The summed E-state index contributed by atoms with van der Waals surface area (Å²) in [7, 11) is 0. The second kappa shape index (κ2) is 19.5. The van der Waals surface area contributed by atoms with E-state index in [0.717, 1.165) is 16.7 Å². The van der Waals surface area contributed by atoms with E-state index in [2.05, 4.69) is 43.3 Å². The van der Waals surface area contributed by atoms with Crippen molar-refractivity contribution in [3.63, 3.8) is 0 Å². The van der Waals surface area contributed by atoms with E-state index in [4.69, 9.17) is 0 Å². The van der Waals surface area contributed by atoms with Crippen LogP contribution in [0.5, 0.6) is 0 Å². The molecule has 3 aromatic carbocycles. The number of carbonyl (C=O) groups is 1. The second-order valence-electron chi connectivity index (χ2n) is 10.7. The molecule has 3 aromatic rings. The first kappa shape index (κ1) is 31.0. The molecule has 39 heavy (non-hydrogen) atoms. The van der Waals surface area contributed by atoms with E-state index in [0.29, 0.717) is 5.56 Å². The lowest BCUT2D eigenvalue weighted by Gasteiger charge is -2.04. The number of ketones is 1. The Labute approximate surface area is 242 Å². The van der Waals surface area contributed by atoms with Gasteiger partial charge in [0.15, 0.2) is 5.78 Å². The van der Waals surface area contributed by atoms with Gasteiger partial charge in [0, 0.05) is 10.5 Å². The van der Waals surface area contributed by atoms with Gasteiger partial charge < -0.3 is 0 Å². The summed E-state index contributed by atoms with van der Waals surface area (Å²) in [5, 5.41) is 0. The van der Waals surface area contributed by atoms with Crippen molar-refractivity contribution in [2.45, 2.75) is 102 Å². The summed E-state index contributed by atoms with van der Waals surface area (Å²) in [6.45, 7) is 2.29. The molecular weight excluding hydrogens is 492 g/mol. The summed E-state index contributed by atoms with van der Waals surface area (Å²) in [4.78, 5) is 14.1. The van der Waals surface area contributed by atoms with Crippen LogP contribution in [0.2, 0.25) is 0 Å². The smallest absolute Gasteiger partial charge is 0.185 e. The van der Waals surface area contributed by atoms with E-state index in [1.807, 2.05) is 60.3 Å². The third-order valence-electron chi connectivity index (χ3n) is 7.33. The lowest BCUT2D eigenvalue weighted by molar-refractivity contribution is 0.104. The Morgan fingerprint density at radius 2 is 1.18 bits per heavy atom. The summed E-state index contributed by atoms with van der Waals surface area (Å²) < 4.78 is 0. The molecule has 0 atom stereocenters. The number of hydrogen-bond acceptors (Lipinski definition) is 2. The highest BCUT2D eigenvalue weighted by molar-refractivity contribution is 7.99. The average molecular weight is 541 g/mol. The molecule has 0 aliphatic rings. The van der Waals surface area contributed by atoms with Crippen LogP contribution in [0.1, 0.15) is 113 Å². The van der Waals surface area contributed by atoms with Crippen LogP contribution in [0, 0.1) is 0 Å². The normalized spacial score (nSPS) is 11.3. The SMILES string of the molecule is CCCCCCCCCCCCCCCCSc1ccc(C=CC(=O)c2cccc(-c3ccccc3)c2)cc1. The Balaban J connectivity index is 1.25. The minimum Gasteiger partial charge on any atom is -0.289 e. The minimum absolute atomic E-state index is 0.0315. The van der Waals surface area contributed by atoms with Gasteiger partial charge in [-0.1, -0.05) is 157 Å². The molecule has 0 N–H and O–H groups in total. The fourth-order valence-corrected chi connectivity index (χ4v) is 5.83. The van der Waals surface area contributed by atoms with Crippen molar-refractivity contribution >= 4 is 23.6 Å². The van der Waals surface area contributed by atoms with E-state index < -0.39 is 0 Å². The molecule has 0 radical (unpaired) electrons. The Morgan fingerprint density at radius 1 is 0.615 bits per heavy atom. The Kier molecular flexibility index (Phi) is 15.5. The number of carbonyl (C=O) groups excluding carboxylic acids is 1. The Morgan fingerprint density at radius 3 is 1.79 bits per heavy atom. The largest absolute Gasteiger partial charge is 0.289 e. The van der Waals surface area contributed by atoms with Crippen LogP contribution in [0.15, 0.2) is 89.8 Å². The van der Waals surface area contributed by atoms with Gasteiger partial charge in [0.25, 0.3) is 0 Å². The number of benzene rings is 3. The standard InChI is InChI=1S/C37H48OS/c1-2-3-4-5-6-7-8-9-10-11-12-13-14-18-30-39-36-27-24-32(25-28-36)26-29-37(38)35-23-19-22-34(31-35)33-20-16-15-17-21-33/h15-17,19-29,31H,2-14,18,30H2,1H3. The van der Waals surface area contributed by atoms with Gasteiger partial charge in [0.05, 0.1) is 0 Å². The molecule has 2 heteroatoms. The van der Waals surface area contributed by atoms with Gasteiger partial charge in [-0.25, -0.2) is 0 Å². The molecule has 0 aromatic heterocycles. The average Bonchev–Trinajstić information content (AvgIpc) is 2.99. The molecule has 0 unspecified atom stereocenters. The van der Waals surface area contributed by atoms with Crippen LogP contribution >= 0.6 is 11.8 Å². The molecule has 3 rings (SSSR count). The molecule has 0 aliphatic carbocycles. The van der Waals surface area contributed by atoms with Crippen molar-refractivity contribution in [2.75, 3.05) is 5.75 Å². The van der Waals surface area contributed by atoms with Gasteiger partial charge >= 0.3 is 0 Å². The first-order valence-corrected chi connectivity index (χ1v) is 16.4. The maximum atomic E-state index is 12.7. The molecule has 0 heterocycles. The Bertz CT molecular complexity index is 1080. The minimum atomic E-state index is 0.0315. The number of thioether (sulfide) groups is 1. The van der Waals surface area contributed by atoms with Gasteiger partial charge in [-0.05, 0) is 53.1 Å². The van der Waals surface area contributed by atoms with Crippen LogP contribution in [0.25, 0.3) is 17.2 Å². The van der Waals surface area contributed by atoms with Crippen LogP contribution in [0.4, 0.5) is 0 Å². The van der Waals surface area contributed by atoms with Crippen molar-refractivity contribution in [2.24, 2.45) is 0 Å². The number of allylic oxidation sites excluding steroid dienone is 1. The van der Waals surface area contributed by atoms with Crippen LogP contribution in [0.3, 0.4) is 0 Å². The fraction of sp³-hybridized carbons (Fsp3) is 0.432. The molecule has 208 valence electrons. The van der Waals surface area contributed by atoms with E-state index in [-0.39, 0.29) is 5.78 Å². The Hall–Kier alpha value is -2.58. The zero-order chi connectivity index (χ0) is 27.4. The zero-order valence-electron chi connectivity index (χ0n) is 24.1. The molecular formula is C37H48OS. The molecule has 0 aliphatic heterocycles. The maximum Gasteiger partial charge on any atom is 0.185 e. The highest BCUT2D eigenvalue weighted by Gasteiger charge is 2.04. The van der Waals surface area contributed by atoms with E-state index >= 15 is 0 Å². The third-order valence-corrected chi connectivity index (χ3v) is 8.43. The highest BCUT2D eigenvalue weighted by Crippen LogP contribution is 2.23. The van der Waals surface area contributed by atoms with E-state index in [1.54, 1.807) is 6.08 Å². The molecule has 0 saturated carbocycles. The number of hydrogen-bond donors (Lipinski definition) is 0. The molecule has 0 saturated heterocycles. The van der Waals surface area contributed by atoms with Crippen molar-refractivity contribution < 1.29 is 4.79 Å². The van der Waals surface area contributed by atoms with Crippen LogP contribution in [-0.2, 0) is 0 Å². The van der Waals surface area contributed by atoms with E-state index in [9.17, 15) is 4.79 Å². The van der Waals surface area contributed by atoms with Crippen molar-refractivity contribution in [3.05, 3.63) is 96.1 Å². The van der Waals surface area contributed by atoms with Crippen molar-refractivity contribution in [1.29, 1.82) is 0 Å². The zero-order valence-corrected chi connectivity index (χ0v) is 24.9. The monoisotopic (exact) mass is 540 g/mol. The number of rotatable bonds is 20. The molecule has 0 amide bonds. The first-order chi connectivity index (χ1) is 19.3. The van der Waals surface area contributed by atoms with Crippen molar-refractivity contribution in [1.82, 2.24) is 0 Å². The molecule has 0 spiro atoms. The first-order valence-electron chi connectivity index (χ1n) is 15.4. The van der Waals surface area contributed by atoms with Gasteiger partial charge in [-0.15, -0.1) is 11.8 Å². The second-order valence-corrected chi connectivity index (χ2v) is 11.8. The highest BCUT2D eigenvalue weighted by atomic mass is 32.2. The maximum absolute atomic E-state index is 12.7. The molecule has 0 bridgehead atoms. The van der Waals surface area contributed by atoms with Gasteiger partial charge in [-0.2, -0.15) is 0 Å². The van der Waals surface area contributed by atoms with Crippen molar-refractivity contribution in [3.8, 4) is 11.1 Å². The quantitative estimate of drug-likeness (QED) is 0.0613. The third kappa shape index (κ3) is 12.9. The topological polar surface area (TPSA) is 17.1 Å². The van der Waals surface area contributed by atoms with Crippen LogP contribution in [-0.4, -0.2) is 11.5 Å². The van der Waals surface area contributed by atoms with Crippen LogP contribution < -0.4 is 0 Å². The summed E-state index contributed by atoms with van der Waals surface area (Å²) in [5.41, 5.74) is 3.96. The van der Waals surface area contributed by atoms with Gasteiger partial charge in [-0.3, -0.25) is 4.79 Å². The van der Waals surface area contributed by atoms with E-state index in [1.165, 1.54) is 101 Å². The summed E-state index contributed by atoms with van der Waals surface area (Å²) in [5.74, 6) is 1.22. The predicted octanol–water partition coefficient (Wildman–Crippen LogP) is 11.8. The molecule has 0 fully saturated rings. The lowest BCUT2D eigenvalue weighted by atomic mass is 10.0. The summed E-state index contributed by atoms with van der Waals surface area (Å²) >= 11 is 1.94. The molecule has 1 nitrogen and oxygen atoms in total. The van der Waals surface area contributed by atoms with Gasteiger partial charge in [0.2, 0.25) is 0 Å². The van der Waals surface area contributed by atoms with Gasteiger partial charge in [0.1, 0.15) is 0 Å². The summed E-state index contributed by atoms with van der Waals surface area (Å²) in [6, 6.07) is 26.6.